The molecule has 0 spiro atoms. The summed E-state index contributed by atoms with van der Waals surface area (Å²) in [7, 11) is -2.36. The molecule has 6 aliphatic rings. The number of amides is 5. The zero-order chi connectivity index (χ0) is 43.3. The first-order valence-electron chi connectivity index (χ1n) is 21.5. The first-order chi connectivity index (χ1) is 29.1. The molecule has 3 N–H and O–H groups in total. The van der Waals surface area contributed by atoms with Gasteiger partial charge in [0.05, 0.1) is 37.6 Å². The summed E-state index contributed by atoms with van der Waals surface area (Å²) in [6, 6.07) is 3.21. The number of alkyl carbamates (subject to hydrolysis) is 1. The monoisotopic (exact) mass is 864 g/mol. The number of aromatic nitrogens is 1. The zero-order valence-corrected chi connectivity index (χ0v) is 35.9. The third-order valence-corrected chi connectivity index (χ3v) is 15.0. The number of rotatable bonds is 9. The van der Waals surface area contributed by atoms with Crippen molar-refractivity contribution in [1.29, 1.82) is 0 Å². The Labute approximate surface area is 355 Å². The number of carbonyl (C=O) groups excluding carboxylic acids is 5. The first-order valence-corrected chi connectivity index (χ1v) is 23.0. The molecule has 3 aliphatic carbocycles. The van der Waals surface area contributed by atoms with Crippen LogP contribution in [-0.4, -0.2) is 111 Å². The number of cyclic esters (lactones) is 2. The van der Waals surface area contributed by atoms with E-state index in [1.807, 2.05) is 19.9 Å². The summed E-state index contributed by atoms with van der Waals surface area (Å²) >= 11 is 0. The molecule has 2 saturated heterocycles. The molecule has 5 amide bonds. The van der Waals surface area contributed by atoms with E-state index in [1.54, 1.807) is 19.2 Å². The molecule has 2 aromatic rings. The number of nitrogens with one attached hydrogen (secondary N) is 3. The number of fused-ring (bicyclic) bond motifs is 3. The predicted octanol–water partition coefficient (Wildman–Crippen LogP) is 4.26. The summed E-state index contributed by atoms with van der Waals surface area (Å²) in [4.78, 5) is 77.4. The average molecular weight is 865 g/mol. The normalized spacial score (nSPS) is 28.5. The highest BCUT2D eigenvalue weighted by Crippen LogP contribution is 2.46. The maximum Gasteiger partial charge on any atom is 0.415 e. The lowest BCUT2D eigenvalue weighted by Crippen LogP contribution is -2.59. The van der Waals surface area contributed by atoms with E-state index in [0.29, 0.717) is 66.7 Å². The standard InChI is InChI=1S/C43H56N6O11S/c1-5-27-22-43(27,39(52)47-61(55,56)29-13-14-29)46-37(50)32-19-28-23-49(32)38(51)36(25-10-7-6-8-11-25)45-40(53)59-24-42(2,3)15-9-12-26-18-30-31(20-33(26)57-4)44-35(21-34(30)60-28)48-16-17-58-41(48)54/h5,18,20-21,25,27-29,32,36H,1,6-17,19,22-24H2,2-4H3,(H,45,53)(H,46,50)(H,47,52)/t27-,28+,32-,36-,43?/m0/s1. The Balaban J connectivity index is 1.18. The van der Waals surface area contributed by atoms with Crippen LogP contribution < -0.4 is 29.7 Å². The largest absolute Gasteiger partial charge is 0.496 e. The van der Waals surface area contributed by atoms with Gasteiger partial charge in [0.25, 0.3) is 5.91 Å². The summed E-state index contributed by atoms with van der Waals surface area (Å²) in [6.07, 6.45) is 6.59. The lowest BCUT2D eigenvalue weighted by Gasteiger charge is -2.35. The third kappa shape index (κ3) is 8.82. The first kappa shape index (κ1) is 42.6. The number of benzene rings is 1. The van der Waals surface area contributed by atoms with Gasteiger partial charge in [0.15, 0.2) is 0 Å². The molecule has 4 bridgehead atoms. The number of nitrogens with zero attached hydrogens (tertiary/aromatic N) is 3. The number of ether oxygens (including phenoxy) is 4. The van der Waals surface area contributed by atoms with Crippen molar-refractivity contribution in [1.82, 2.24) is 25.2 Å². The van der Waals surface area contributed by atoms with Gasteiger partial charge in [-0.3, -0.25) is 24.0 Å². The quantitative estimate of drug-likeness (QED) is 0.302. The van der Waals surface area contributed by atoms with E-state index < -0.39 is 80.2 Å². The lowest BCUT2D eigenvalue weighted by molar-refractivity contribution is -0.142. The fourth-order valence-corrected chi connectivity index (χ4v) is 10.7. The van der Waals surface area contributed by atoms with Crippen LogP contribution >= 0.6 is 0 Å². The molecule has 61 heavy (non-hydrogen) atoms. The van der Waals surface area contributed by atoms with Gasteiger partial charge in [-0.25, -0.2) is 23.0 Å². The second-order valence-electron chi connectivity index (χ2n) is 18.2. The van der Waals surface area contributed by atoms with Gasteiger partial charge in [-0.05, 0) is 74.3 Å². The zero-order valence-electron chi connectivity index (χ0n) is 35.0. The van der Waals surface area contributed by atoms with E-state index >= 15 is 4.79 Å². The maximum absolute atomic E-state index is 15.0. The van der Waals surface area contributed by atoms with E-state index in [4.69, 9.17) is 23.9 Å². The van der Waals surface area contributed by atoms with E-state index in [-0.39, 0.29) is 45.1 Å². The second kappa shape index (κ2) is 16.6. The van der Waals surface area contributed by atoms with E-state index in [0.717, 1.165) is 31.2 Å². The van der Waals surface area contributed by atoms with E-state index in [1.165, 1.54) is 15.9 Å². The number of sulfonamides is 1. The van der Waals surface area contributed by atoms with Crippen LogP contribution in [0.3, 0.4) is 0 Å². The Kier molecular flexibility index (Phi) is 11.6. The van der Waals surface area contributed by atoms with Gasteiger partial charge < -0.3 is 34.5 Å². The summed E-state index contributed by atoms with van der Waals surface area (Å²) < 4.78 is 51.6. The fourth-order valence-electron chi connectivity index (χ4n) is 9.34. The highest BCUT2D eigenvalue weighted by atomic mass is 32.2. The molecule has 1 unspecified atom stereocenters. The molecule has 17 nitrogen and oxygen atoms in total. The van der Waals surface area contributed by atoms with Gasteiger partial charge in [-0.2, -0.15) is 0 Å². The minimum atomic E-state index is -3.94. The van der Waals surface area contributed by atoms with Crippen molar-refractivity contribution >= 4 is 56.7 Å². The minimum absolute atomic E-state index is 0.0155. The molecule has 3 aliphatic heterocycles. The van der Waals surface area contributed by atoms with Crippen molar-refractivity contribution in [3.63, 3.8) is 0 Å². The Morgan fingerprint density at radius 2 is 1.82 bits per heavy atom. The van der Waals surface area contributed by atoms with Crippen molar-refractivity contribution in [2.45, 2.75) is 120 Å². The number of anilines is 1. The number of methoxy groups -OCH3 is 1. The van der Waals surface area contributed by atoms with Crippen molar-refractivity contribution in [2.75, 3.05) is 38.3 Å². The number of aryl methyl sites for hydroxylation is 1. The summed E-state index contributed by atoms with van der Waals surface area (Å²) in [6.45, 7) is 8.33. The van der Waals surface area contributed by atoms with Crippen LogP contribution in [0.1, 0.15) is 90.0 Å². The van der Waals surface area contributed by atoms with Gasteiger partial charge in [-0.15, -0.1) is 6.58 Å². The SMILES string of the molecule is C=C[C@H]1CC1(NC(=O)[C@@H]1C[C@@H]2CN1C(=O)[C@H](C1CCCCC1)NC(=O)OCC(C)(C)CCCc1cc3c(cc(N4CCOC4=O)nc3cc1OC)O2)C(=O)NS(=O)(=O)C1CC1. The molecule has 5 fully saturated rings. The molecule has 4 heterocycles. The van der Waals surface area contributed by atoms with Crippen molar-refractivity contribution in [3.05, 3.63) is 36.4 Å². The Bertz CT molecular complexity index is 2220. The van der Waals surface area contributed by atoms with Crippen LogP contribution in [0.2, 0.25) is 0 Å². The van der Waals surface area contributed by atoms with Crippen LogP contribution in [0.4, 0.5) is 15.4 Å². The van der Waals surface area contributed by atoms with Gasteiger partial charge in [-0.1, -0.05) is 39.2 Å². The highest BCUT2D eigenvalue weighted by Gasteiger charge is 2.62. The van der Waals surface area contributed by atoms with Crippen molar-refractivity contribution in [2.24, 2.45) is 17.3 Å². The number of carbonyl (C=O) groups is 5. The molecule has 1 aromatic heterocycles. The van der Waals surface area contributed by atoms with E-state index in [2.05, 4.69) is 21.9 Å². The van der Waals surface area contributed by atoms with Gasteiger partial charge >= 0.3 is 12.2 Å². The average Bonchev–Trinajstić information content (AvgIpc) is 4.13. The number of pyridine rings is 1. The smallest absolute Gasteiger partial charge is 0.415 e. The Morgan fingerprint density at radius 3 is 2.49 bits per heavy atom. The topological polar surface area (TPSA) is 212 Å². The summed E-state index contributed by atoms with van der Waals surface area (Å²) in [5, 5.41) is 5.71. The Hall–Kier alpha value is -5.13. The number of hydrogen-bond donors (Lipinski definition) is 3. The molecular weight excluding hydrogens is 809 g/mol. The van der Waals surface area contributed by atoms with Crippen LogP contribution in [0.15, 0.2) is 30.9 Å². The number of hydrogen-bond acceptors (Lipinski definition) is 12. The highest BCUT2D eigenvalue weighted by molar-refractivity contribution is 7.91. The maximum atomic E-state index is 15.0. The molecule has 18 heteroatoms. The van der Waals surface area contributed by atoms with Gasteiger partial charge in [0, 0.05) is 29.9 Å². The molecule has 330 valence electrons. The van der Waals surface area contributed by atoms with Gasteiger partial charge in [0.2, 0.25) is 21.8 Å². The third-order valence-electron chi connectivity index (χ3n) is 13.1. The van der Waals surface area contributed by atoms with Gasteiger partial charge in [0.1, 0.15) is 47.7 Å². The summed E-state index contributed by atoms with van der Waals surface area (Å²) in [5.74, 6) is -1.54. The van der Waals surface area contributed by atoms with Crippen LogP contribution in [0.5, 0.6) is 11.5 Å². The minimum Gasteiger partial charge on any atom is -0.496 e. The molecule has 8 rings (SSSR count). The summed E-state index contributed by atoms with van der Waals surface area (Å²) in [5.41, 5.74) is -0.623. The van der Waals surface area contributed by atoms with Crippen molar-refractivity contribution < 1.29 is 51.3 Å². The Morgan fingerprint density at radius 1 is 1.05 bits per heavy atom. The van der Waals surface area contributed by atoms with Crippen LogP contribution in [0, 0.1) is 17.3 Å². The molecule has 0 radical (unpaired) electrons. The lowest BCUT2D eigenvalue weighted by atomic mass is 9.83. The fraction of sp³-hybridized carbons (Fsp3) is 0.628. The van der Waals surface area contributed by atoms with Crippen LogP contribution in [0.25, 0.3) is 10.9 Å². The second-order valence-corrected chi connectivity index (χ2v) is 20.2. The predicted molar refractivity (Wildman–Crippen MR) is 222 cm³/mol. The molecule has 1 aromatic carbocycles. The van der Waals surface area contributed by atoms with E-state index in [9.17, 15) is 27.6 Å². The molecular formula is C43H56N6O11S. The van der Waals surface area contributed by atoms with Crippen LogP contribution in [-0.2, 0) is 40.3 Å². The molecule has 3 saturated carbocycles. The molecule has 5 atom stereocenters. The van der Waals surface area contributed by atoms with Crippen molar-refractivity contribution in [3.8, 4) is 11.5 Å².